The molecule has 2 heterocycles. The van der Waals surface area contributed by atoms with Crippen LogP contribution in [0.15, 0.2) is 24.4 Å². The van der Waals surface area contributed by atoms with Crippen LogP contribution in [0.5, 0.6) is 0 Å². The summed E-state index contributed by atoms with van der Waals surface area (Å²) in [5.41, 5.74) is 1.16. The van der Waals surface area contributed by atoms with Crippen molar-refractivity contribution in [3.63, 3.8) is 0 Å². The second kappa shape index (κ2) is 5.41. The molecule has 0 aliphatic carbocycles. The molecule has 3 nitrogen and oxygen atoms in total. The first kappa shape index (κ1) is 11.6. The van der Waals surface area contributed by atoms with Gasteiger partial charge in [-0.05, 0) is 45.5 Å². The number of hydrogen-bond acceptors (Lipinski definition) is 3. The Kier molecular flexibility index (Phi) is 3.91. The third kappa shape index (κ3) is 2.80. The largest absolute Gasteiger partial charge is 0.313 e. The van der Waals surface area contributed by atoms with Crippen LogP contribution in [0.2, 0.25) is 0 Å². The Hall–Kier alpha value is -0.930. The summed E-state index contributed by atoms with van der Waals surface area (Å²) in [6, 6.07) is 7.18. The molecule has 0 amide bonds. The van der Waals surface area contributed by atoms with Crippen molar-refractivity contribution in [2.75, 3.05) is 20.1 Å². The molecule has 1 aliphatic rings. The molecular formula is C13H21N3. The van der Waals surface area contributed by atoms with Crippen molar-refractivity contribution in [1.82, 2.24) is 15.2 Å². The van der Waals surface area contributed by atoms with Gasteiger partial charge in [0.25, 0.3) is 0 Å². The molecule has 0 saturated carbocycles. The maximum atomic E-state index is 4.41. The monoisotopic (exact) mass is 219 g/mol. The first-order valence-corrected chi connectivity index (χ1v) is 6.12. The molecule has 1 saturated heterocycles. The molecular weight excluding hydrogens is 198 g/mol. The molecule has 2 rings (SSSR count). The summed E-state index contributed by atoms with van der Waals surface area (Å²) < 4.78 is 0. The van der Waals surface area contributed by atoms with Gasteiger partial charge in [0.2, 0.25) is 0 Å². The third-order valence-corrected chi connectivity index (χ3v) is 3.45. The van der Waals surface area contributed by atoms with Gasteiger partial charge in [0, 0.05) is 24.8 Å². The second-order valence-electron chi connectivity index (χ2n) is 4.66. The Balaban J connectivity index is 1.91. The van der Waals surface area contributed by atoms with Crippen LogP contribution in [0, 0.1) is 0 Å². The fourth-order valence-electron chi connectivity index (χ4n) is 2.27. The molecule has 2 atom stereocenters. The summed E-state index contributed by atoms with van der Waals surface area (Å²) in [4.78, 5) is 6.79. The van der Waals surface area contributed by atoms with Crippen molar-refractivity contribution in [2.24, 2.45) is 0 Å². The summed E-state index contributed by atoms with van der Waals surface area (Å²) >= 11 is 0. The summed E-state index contributed by atoms with van der Waals surface area (Å²) in [5.74, 6) is 0. The van der Waals surface area contributed by atoms with E-state index in [-0.39, 0.29) is 0 Å². The predicted octanol–water partition coefficient (Wildman–Crippen LogP) is 1.83. The zero-order valence-electron chi connectivity index (χ0n) is 10.2. The fourth-order valence-corrected chi connectivity index (χ4v) is 2.27. The van der Waals surface area contributed by atoms with Gasteiger partial charge in [0.05, 0.1) is 5.69 Å². The van der Waals surface area contributed by atoms with Gasteiger partial charge >= 0.3 is 0 Å². The highest BCUT2D eigenvalue weighted by Gasteiger charge is 2.19. The van der Waals surface area contributed by atoms with Crippen molar-refractivity contribution < 1.29 is 0 Å². The van der Waals surface area contributed by atoms with Crippen molar-refractivity contribution in [1.29, 1.82) is 0 Å². The average Bonchev–Trinajstić information content (AvgIpc) is 2.82. The SMILES string of the molecule is C[C@H](c1ccccn1)N(C)C[C@@H]1CCCN1. The molecule has 3 heteroatoms. The molecule has 0 spiro atoms. The minimum absolute atomic E-state index is 0.392. The van der Waals surface area contributed by atoms with E-state index in [9.17, 15) is 0 Å². The van der Waals surface area contributed by atoms with E-state index in [1.165, 1.54) is 19.4 Å². The molecule has 0 unspecified atom stereocenters. The highest BCUT2D eigenvalue weighted by atomic mass is 15.2. The number of aromatic nitrogens is 1. The summed E-state index contributed by atoms with van der Waals surface area (Å²) in [6.45, 7) is 4.51. The van der Waals surface area contributed by atoms with Crippen LogP contribution in [-0.4, -0.2) is 36.1 Å². The lowest BCUT2D eigenvalue weighted by Crippen LogP contribution is -2.36. The number of likely N-dealkylation sites (N-methyl/N-ethyl adjacent to an activating group) is 1. The molecule has 1 N–H and O–H groups in total. The minimum Gasteiger partial charge on any atom is -0.313 e. The van der Waals surface area contributed by atoms with Gasteiger partial charge < -0.3 is 5.32 Å². The number of nitrogens with one attached hydrogen (secondary N) is 1. The zero-order valence-corrected chi connectivity index (χ0v) is 10.2. The summed E-state index contributed by atoms with van der Waals surface area (Å²) in [6.07, 6.45) is 4.49. The van der Waals surface area contributed by atoms with E-state index in [2.05, 4.69) is 41.3 Å². The van der Waals surface area contributed by atoms with Gasteiger partial charge in [-0.15, -0.1) is 0 Å². The van der Waals surface area contributed by atoms with Crippen molar-refractivity contribution in [3.05, 3.63) is 30.1 Å². The van der Waals surface area contributed by atoms with Gasteiger partial charge in [-0.3, -0.25) is 9.88 Å². The average molecular weight is 219 g/mol. The Morgan fingerprint density at radius 2 is 2.44 bits per heavy atom. The van der Waals surface area contributed by atoms with Gasteiger partial charge in [-0.2, -0.15) is 0 Å². The van der Waals surface area contributed by atoms with Gasteiger partial charge in [-0.1, -0.05) is 6.07 Å². The number of pyridine rings is 1. The molecule has 88 valence electrons. The second-order valence-corrected chi connectivity index (χ2v) is 4.66. The van der Waals surface area contributed by atoms with Gasteiger partial charge in [-0.25, -0.2) is 0 Å². The Morgan fingerprint density at radius 1 is 1.56 bits per heavy atom. The van der Waals surface area contributed by atoms with Crippen LogP contribution in [0.4, 0.5) is 0 Å². The van der Waals surface area contributed by atoms with Gasteiger partial charge in [0.1, 0.15) is 0 Å². The van der Waals surface area contributed by atoms with Crippen molar-refractivity contribution in [3.8, 4) is 0 Å². The van der Waals surface area contributed by atoms with E-state index in [4.69, 9.17) is 0 Å². The van der Waals surface area contributed by atoms with Crippen LogP contribution in [0.3, 0.4) is 0 Å². The molecule has 1 aliphatic heterocycles. The lowest BCUT2D eigenvalue weighted by molar-refractivity contribution is 0.234. The quantitative estimate of drug-likeness (QED) is 0.837. The maximum Gasteiger partial charge on any atom is 0.0572 e. The Labute approximate surface area is 97.9 Å². The van der Waals surface area contributed by atoms with E-state index in [0.717, 1.165) is 12.2 Å². The smallest absolute Gasteiger partial charge is 0.0572 e. The zero-order chi connectivity index (χ0) is 11.4. The van der Waals surface area contributed by atoms with Crippen LogP contribution in [0.1, 0.15) is 31.5 Å². The highest BCUT2D eigenvalue weighted by Crippen LogP contribution is 2.17. The van der Waals surface area contributed by atoms with Crippen LogP contribution >= 0.6 is 0 Å². The van der Waals surface area contributed by atoms with E-state index in [0.29, 0.717) is 12.1 Å². The van der Waals surface area contributed by atoms with Crippen molar-refractivity contribution in [2.45, 2.75) is 31.8 Å². The Morgan fingerprint density at radius 3 is 3.06 bits per heavy atom. The van der Waals surface area contributed by atoms with E-state index in [1.807, 2.05) is 12.3 Å². The Bertz CT molecular complexity index is 306. The van der Waals surface area contributed by atoms with Gasteiger partial charge in [0.15, 0.2) is 0 Å². The maximum absolute atomic E-state index is 4.41. The number of rotatable bonds is 4. The highest BCUT2D eigenvalue weighted by molar-refractivity contribution is 5.07. The normalized spacial score (nSPS) is 22.6. The molecule has 0 bridgehead atoms. The fraction of sp³-hybridized carbons (Fsp3) is 0.615. The van der Waals surface area contributed by atoms with Crippen LogP contribution in [0.25, 0.3) is 0 Å². The molecule has 1 aromatic heterocycles. The van der Waals surface area contributed by atoms with Crippen molar-refractivity contribution >= 4 is 0 Å². The lowest BCUT2D eigenvalue weighted by Gasteiger charge is -2.27. The minimum atomic E-state index is 0.392. The number of nitrogens with zero attached hydrogens (tertiary/aromatic N) is 2. The molecule has 16 heavy (non-hydrogen) atoms. The molecule has 1 aromatic rings. The first-order valence-electron chi connectivity index (χ1n) is 6.12. The van der Waals surface area contributed by atoms with E-state index < -0.39 is 0 Å². The summed E-state index contributed by atoms with van der Waals surface area (Å²) in [7, 11) is 2.18. The topological polar surface area (TPSA) is 28.2 Å². The van der Waals surface area contributed by atoms with E-state index >= 15 is 0 Å². The molecule has 0 radical (unpaired) electrons. The first-order chi connectivity index (χ1) is 7.77. The predicted molar refractivity (Wildman–Crippen MR) is 66.3 cm³/mol. The molecule has 1 fully saturated rings. The molecule has 0 aromatic carbocycles. The number of hydrogen-bond donors (Lipinski definition) is 1. The van der Waals surface area contributed by atoms with Crippen LogP contribution in [-0.2, 0) is 0 Å². The summed E-state index contributed by atoms with van der Waals surface area (Å²) in [5, 5.41) is 3.53. The van der Waals surface area contributed by atoms with E-state index in [1.54, 1.807) is 0 Å². The third-order valence-electron chi connectivity index (χ3n) is 3.45. The lowest BCUT2D eigenvalue weighted by atomic mass is 10.1. The van der Waals surface area contributed by atoms with Crippen LogP contribution < -0.4 is 5.32 Å². The standard InChI is InChI=1S/C13H21N3/c1-11(13-7-3-4-8-15-13)16(2)10-12-6-5-9-14-12/h3-4,7-8,11-12,14H,5-6,9-10H2,1-2H3/t11-,12+/m1/s1.